The summed E-state index contributed by atoms with van der Waals surface area (Å²) in [7, 11) is -1.03. The zero-order valence-corrected chi connectivity index (χ0v) is 21.6. The first-order valence-electron chi connectivity index (χ1n) is 11.2. The van der Waals surface area contributed by atoms with Crippen LogP contribution < -0.4 is 0 Å². The summed E-state index contributed by atoms with van der Waals surface area (Å²) in [5.41, 5.74) is 5.82. The van der Waals surface area contributed by atoms with Crippen molar-refractivity contribution >= 4 is 27.0 Å². The highest BCUT2D eigenvalue weighted by Gasteiger charge is 2.31. The Morgan fingerprint density at radius 1 is 1.24 bits per heavy atom. The SMILES string of the molecule is Cc1nn([C@H]2CCS(=O)(=O)C2)c(C)c1CN(C)CC(=O)c1cc(C)n(Cc2cccs2)c1C. The van der Waals surface area contributed by atoms with Gasteiger partial charge in [-0.15, -0.1) is 11.3 Å². The van der Waals surface area contributed by atoms with Gasteiger partial charge in [0.2, 0.25) is 0 Å². The van der Waals surface area contributed by atoms with E-state index in [9.17, 15) is 13.2 Å². The molecule has 0 unspecified atom stereocenters. The summed E-state index contributed by atoms with van der Waals surface area (Å²) < 4.78 is 27.9. The molecule has 0 amide bonds. The summed E-state index contributed by atoms with van der Waals surface area (Å²) in [5.74, 6) is 0.488. The third-order valence-electron chi connectivity index (χ3n) is 6.64. The van der Waals surface area contributed by atoms with E-state index in [0.29, 0.717) is 19.5 Å². The monoisotopic (exact) mass is 488 g/mol. The fraction of sp³-hybridized carbons (Fsp3) is 0.500. The number of nitrogens with zero attached hydrogens (tertiary/aromatic N) is 4. The molecule has 1 atom stereocenters. The Hall–Kier alpha value is -2.23. The number of hydrogen-bond acceptors (Lipinski definition) is 6. The lowest BCUT2D eigenvalue weighted by molar-refractivity contribution is 0.0942. The molecule has 178 valence electrons. The number of rotatable bonds is 8. The molecule has 0 spiro atoms. The third kappa shape index (κ3) is 5.00. The van der Waals surface area contributed by atoms with E-state index in [0.717, 1.165) is 40.4 Å². The van der Waals surface area contributed by atoms with Crippen molar-refractivity contribution in [3.63, 3.8) is 0 Å². The van der Waals surface area contributed by atoms with Crippen LogP contribution in [0.25, 0.3) is 0 Å². The molecule has 33 heavy (non-hydrogen) atoms. The Bertz CT molecular complexity index is 1270. The third-order valence-corrected chi connectivity index (χ3v) is 9.25. The van der Waals surface area contributed by atoms with Gasteiger partial charge in [0.15, 0.2) is 15.6 Å². The Morgan fingerprint density at radius 3 is 2.64 bits per heavy atom. The summed E-state index contributed by atoms with van der Waals surface area (Å²) >= 11 is 1.72. The number of sulfone groups is 1. The molecule has 1 saturated heterocycles. The fourth-order valence-electron chi connectivity index (χ4n) is 4.79. The molecule has 0 bridgehead atoms. The maximum absolute atomic E-state index is 13.1. The molecule has 0 saturated carbocycles. The number of ketones is 1. The number of carbonyl (C=O) groups excluding carboxylic acids is 1. The predicted molar refractivity (Wildman–Crippen MR) is 132 cm³/mol. The molecule has 1 fully saturated rings. The summed E-state index contributed by atoms with van der Waals surface area (Å²) in [5, 5.41) is 6.72. The number of Topliss-reactive ketones (excluding diaryl/α,β-unsaturated/α-hetero) is 1. The van der Waals surface area contributed by atoms with Gasteiger partial charge in [0.05, 0.1) is 36.3 Å². The molecule has 4 rings (SSSR count). The van der Waals surface area contributed by atoms with Crippen molar-refractivity contribution in [1.82, 2.24) is 19.2 Å². The number of aromatic nitrogens is 3. The summed E-state index contributed by atoms with van der Waals surface area (Å²) in [6.45, 7) is 9.70. The van der Waals surface area contributed by atoms with Crippen LogP contribution in [0.1, 0.15) is 56.0 Å². The average molecular weight is 489 g/mol. The molecular formula is C24H32N4O3S2. The minimum absolute atomic E-state index is 0.0943. The Kier molecular flexibility index (Phi) is 6.66. The van der Waals surface area contributed by atoms with E-state index in [1.807, 2.05) is 56.5 Å². The van der Waals surface area contributed by atoms with Crippen molar-refractivity contribution in [2.45, 2.75) is 53.2 Å². The van der Waals surface area contributed by atoms with Gasteiger partial charge >= 0.3 is 0 Å². The normalized spacial score (nSPS) is 17.8. The van der Waals surface area contributed by atoms with E-state index >= 15 is 0 Å². The number of thiophene rings is 1. The molecular weight excluding hydrogens is 456 g/mol. The molecule has 3 aromatic rings. The average Bonchev–Trinajstić information content (AvgIpc) is 3.50. The molecule has 0 aromatic carbocycles. The van der Waals surface area contributed by atoms with Crippen LogP contribution in [0.4, 0.5) is 0 Å². The fourth-order valence-corrected chi connectivity index (χ4v) is 7.18. The molecule has 1 aliphatic rings. The summed E-state index contributed by atoms with van der Waals surface area (Å²) in [6, 6.07) is 6.06. The highest BCUT2D eigenvalue weighted by molar-refractivity contribution is 7.91. The first kappa shape index (κ1) is 23.9. The van der Waals surface area contributed by atoms with Gasteiger partial charge in [-0.05, 0) is 58.7 Å². The first-order chi connectivity index (χ1) is 15.6. The van der Waals surface area contributed by atoms with Crippen LogP contribution in [0.15, 0.2) is 23.6 Å². The topological polar surface area (TPSA) is 77.2 Å². The molecule has 0 aliphatic carbocycles. The molecule has 7 nitrogen and oxygen atoms in total. The second-order valence-corrected chi connectivity index (χ2v) is 12.5. The maximum atomic E-state index is 13.1. The van der Waals surface area contributed by atoms with Crippen molar-refractivity contribution in [3.05, 3.63) is 62.4 Å². The van der Waals surface area contributed by atoms with Crippen LogP contribution in [0.3, 0.4) is 0 Å². The number of carbonyl (C=O) groups is 1. The van der Waals surface area contributed by atoms with Crippen LogP contribution in [0, 0.1) is 27.7 Å². The van der Waals surface area contributed by atoms with Crippen LogP contribution in [0.2, 0.25) is 0 Å². The standard InChI is InChI=1S/C24H32N4O3S2/c1-16-11-22(18(3)27(16)12-21-7-6-9-32-21)24(29)14-26(5)13-23-17(2)25-28(19(23)4)20-8-10-33(30,31)15-20/h6-7,9,11,20H,8,10,12-15H2,1-5H3/t20-/m0/s1. The van der Waals surface area contributed by atoms with E-state index in [4.69, 9.17) is 0 Å². The van der Waals surface area contributed by atoms with Crippen LogP contribution in [-0.2, 0) is 22.9 Å². The van der Waals surface area contributed by atoms with Crippen LogP contribution in [-0.4, -0.2) is 58.5 Å². The van der Waals surface area contributed by atoms with Crippen molar-refractivity contribution in [2.75, 3.05) is 25.1 Å². The van der Waals surface area contributed by atoms with Crippen molar-refractivity contribution in [3.8, 4) is 0 Å². The summed E-state index contributed by atoms with van der Waals surface area (Å²) in [4.78, 5) is 16.4. The van der Waals surface area contributed by atoms with Gasteiger partial charge in [0.1, 0.15) is 0 Å². The Morgan fingerprint density at radius 2 is 2.00 bits per heavy atom. The highest BCUT2D eigenvalue weighted by Crippen LogP contribution is 2.27. The second-order valence-electron chi connectivity index (χ2n) is 9.20. The molecule has 4 heterocycles. The maximum Gasteiger partial charge on any atom is 0.178 e. The number of aryl methyl sites for hydroxylation is 2. The van der Waals surface area contributed by atoms with Gasteiger partial charge in [0.25, 0.3) is 0 Å². The quantitative estimate of drug-likeness (QED) is 0.452. The number of hydrogen-bond donors (Lipinski definition) is 0. The van der Waals surface area contributed by atoms with Gasteiger partial charge in [-0.2, -0.15) is 5.10 Å². The van der Waals surface area contributed by atoms with Crippen molar-refractivity contribution < 1.29 is 13.2 Å². The smallest absolute Gasteiger partial charge is 0.178 e. The van der Waals surface area contributed by atoms with E-state index < -0.39 is 9.84 Å². The van der Waals surface area contributed by atoms with Gasteiger partial charge in [0, 0.05) is 39.6 Å². The minimum Gasteiger partial charge on any atom is -0.343 e. The zero-order chi connectivity index (χ0) is 23.9. The lowest BCUT2D eigenvalue weighted by Gasteiger charge is -2.17. The predicted octanol–water partition coefficient (Wildman–Crippen LogP) is 3.70. The summed E-state index contributed by atoms with van der Waals surface area (Å²) in [6.07, 6.45) is 0.610. The Labute approximate surface area is 199 Å². The lowest BCUT2D eigenvalue weighted by atomic mass is 10.1. The largest absolute Gasteiger partial charge is 0.343 e. The van der Waals surface area contributed by atoms with E-state index in [1.54, 1.807) is 11.3 Å². The molecule has 1 aliphatic heterocycles. The van der Waals surface area contributed by atoms with Gasteiger partial charge < -0.3 is 4.57 Å². The molecule has 3 aromatic heterocycles. The molecule has 0 radical (unpaired) electrons. The second kappa shape index (κ2) is 9.19. The minimum atomic E-state index is -2.97. The van der Waals surface area contributed by atoms with Gasteiger partial charge in [-0.25, -0.2) is 8.42 Å². The Balaban J connectivity index is 1.45. The molecule has 0 N–H and O–H groups in total. The van der Waals surface area contributed by atoms with E-state index in [-0.39, 0.29) is 23.3 Å². The number of likely N-dealkylation sites (N-methyl/N-ethyl adjacent to an activating group) is 1. The van der Waals surface area contributed by atoms with E-state index in [1.165, 1.54) is 4.88 Å². The van der Waals surface area contributed by atoms with Crippen LogP contribution in [0.5, 0.6) is 0 Å². The van der Waals surface area contributed by atoms with E-state index in [2.05, 4.69) is 21.1 Å². The molecule has 9 heteroatoms. The van der Waals surface area contributed by atoms with Crippen LogP contribution >= 0.6 is 11.3 Å². The lowest BCUT2D eigenvalue weighted by Crippen LogP contribution is -2.26. The van der Waals surface area contributed by atoms with Gasteiger partial charge in [-0.3, -0.25) is 14.4 Å². The van der Waals surface area contributed by atoms with Crippen molar-refractivity contribution in [1.29, 1.82) is 0 Å². The highest BCUT2D eigenvalue weighted by atomic mass is 32.2. The zero-order valence-electron chi connectivity index (χ0n) is 20.0. The first-order valence-corrected chi connectivity index (χ1v) is 13.9. The van der Waals surface area contributed by atoms with Crippen molar-refractivity contribution in [2.24, 2.45) is 0 Å². The van der Waals surface area contributed by atoms with Gasteiger partial charge in [-0.1, -0.05) is 6.07 Å².